The molecule has 3 amide bonds. The van der Waals surface area contributed by atoms with E-state index in [2.05, 4.69) is 17.3 Å². The molecule has 0 radical (unpaired) electrons. The molecule has 1 heterocycles. The monoisotopic (exact) mass is 378 g/mol. The molecule has 27 heavy (non-hydrogen) atoms. The molecule has 7 heteroatoms. The molecule has 0 bridgehead atoms. The Kier molecular flexibility index (Phi) is 6.52. The van der Waals surface area contributed by atoms with Crippen LogP contribution >= 0.6 is 0 Å². The number of piperidine rings is 1. The van der Waals surface area contributed by atoms with Crippen LogP contribution in [0.4, 0.5) is 4.79 Å². The second-order valence-electron chi connectivity index (χ2n) is 8.91. The number of rotatable bonds is 6. The highest BCUT2D eigenvalue weighted by Gasteiger charge is 2.43. The van der Waals surface area contributed by atoms with Crippen molar-refractivity contribution >= 4 is 17.7 Å². The van der Waals surface area contributed by atoms with E-state index < -0.39 is 0 Å². The number of urea groups is 1. The number of carbonyl (C=O) groups excluding carboxylic acids is 3. The maximum absolute atomic E-state index is 13.2. The average Bonchev–Trinajstić information content (AvgIpc) is 3.42. The maximum atomic E-state index is 13.2. The molecule has 0 unspecified atom stereocenters. The Labute approximate surface area is 162 Å². The van der Waals surface area contributed by atoms with E-state index >= 15 is 0 Å². The first-order valence-electron chi connectivity index (χ1n) is 10.3. The van der Waals surface area contributed by atoms with Crippen LogP contribution in [-0.4, -0.2) is 85.8 Å². The number of nitrogens with zero attached hydrogens (tertiary/aromatic N) is 3. The first kappa shape index (κ1) is 20.3. The lowest BCUT2D eigenvalue weighted by molar-refractivity contribution is -0.138. The van der Waals surface area contributed by atoms with Crippen LogP contribution < -0.4 is 5.32 Å². The number of amides is 3. The molecule has 3 rings (SSSR count). The predicted octanol–water partition coefficient (Wildman–Crippen LogP) is 1.19. The van der Waals surface area contributed by atoms with Crippen molar-refractivity contribution in [2.45, 2.75) is 44.6 Å². The number of hydrogen-bond donors (Lipinski definition) is 1. The number of likely N-dealkylation sites (N-methyl/N-ethyl adjacent to an activating group) is 1. The van der Waals surface area contributed by atoms with Gasteiger partial charge in [-0.2, -0.15) is 0 Å². The van der Waals surface area contributed by atoms with Gasteiger partial charge in [0.1, 0.15) is 5.78 Å². The molecule has 0 aromatic carbocycles. The minimum absolute atomic E-state index is 0.0624. The summed E-state index contributed by atoms with van der Waals surface area (Å²) in [7, 11) is 5.97. The van der Waals surface area contributed by atoms with Crippen molar-refractivity contribution in [3.8, 4) is 0 Å². The van der Waals surface area contributed by atoms with Gasteiger partial charge in [-0.15, -0.1) is 0 Å². The zero-order valence-electron chi connectivity index (χ0n) is 16.9. The average molecular weight is 379 g/mol. The van der Waals surface area contributed by atoms with Crippen molar-refractivity contribution in [1.82, 2.24) is 20.0 Å². The second-order valence-corrected chi connectivity index (χ2v) is 8.91. The van der Waals surface area contributed by atoms with Crippen molar-refractivity contribution in [2.24, 2.45) is 17.8 Å². The number of likely N-dealkylation sites (tertiary alicyclic amines) is 1. The molecule has 3 aliphatic rings. The van der Waals surface area contributed by atoms with Crippen LogP contribution in [0.1, 0.15) is 38.5 Å². The minimum Gasteiger partial charge on any atom is -0.336 e. The third kappa shape index (κ3) is 5.29. The van der Waals surface area contributed by atoms with Crippen molar-refractivity contribution in [3.63, 3.8) is 0 Å². The first-order chi connectivity index (χ1) is 12.8. The first-order valence-corrected chi connectivity index (χ1v) is 10.3. The topological polar surface area (TPSA) is 73.0 Å². The van der Waals surface area contributed by atoms with Gasteiger partial charge in [0.25, 0.3) is 0 Å². The molecule has 7 nitrogen and oxygen atoms in total. The fraction of sp³-hybridized carbons (Fsp3) is 0.850. The summed E-state index contributed by atoms with van der Waals surface area (Å²) in [6.07, 6.45) is 5.06. The van der Waals surface area contributed by atoms with Crippen LogP contribution in [0, 0.1) is 17.8 Å². The second kappa shape index (κ2) is 8.69. The molecule has 0 spiro atoms. The van der Waals surface area contributed by atoms with Gasteiger partial charge in [-0.05, 0) is 58.7 Å². The van der Waals surface area contributed by atoms with Gasteiger partial charge in [-0.25, -0.2) is 4.79 Å². The Morgan fingerprint density at radius 3 is 2.63 bits per heavy atom. The van der Waals surface area contributed by atoms with Crippen LogP contribution in [0.25, 0.3) is 0 Å². The van der Waals surface area contributed by atoms with Gasteiger partial charge >= 0.3 is 6.03 Å². The smallest absolute Gasteiger partial charge is 0.324 e. The zero-order chi connectivity index (χ0) is 19.6. The van der Waals surface area contributed by atoms with Crippen molar-refractivity contribution < 1.29 is 14.4 Å². The molecule has 1 saturated heterocycles. The minimum atomic E-state index is -0.266. The summed E-state index contributed by atoms with van der Waals surface area (Å²) >= 11 is 0. The fourth-order valence-electron chi connectivity index (χ4n) is 4.53. The standard InChI is InChI=1S/C20H34N4O3/c1-22(2)9-8-21-20(27)24(12-14-4-5-14)19(26)16-10-15-11-17(25)6-7-18(15)23(3)13-16/h14-16,18H,4-13H2,1-3H3,(H,21,27)/t15-,16-,18-/m1/s1. The van der Waals surface area contributed by atoms with E-state index in [0.29, 0.717) is 50.2 Å². The molecule has 2 aliphatic carbocycles. The SMILES string of the molecule is CN(C)CCNC(=O)N(CC1CC1)C(=O)[C@@H]1C[C@@H]2CC(=O)CC[C@H]2N(C)C1. The Morgan fingerprint density at radius 1 is 1.22 bits per heavy atom. The summed E-state index contributed by atoms with van der Waals surface area (Å²) in [6, 6.07) is 0.135. The van der Waals surface area contributed by atoms with Crippen LogP contribution in [0.3, 0.4) is 0 Å². The Bertz CT molecular complexity index is 576. The van der Waals surface area contributed by atoms with Crippen molar-refractivity contribution in [2.75, 3.05) is 47.3 Å². The number of nitrogens with one attached hydrogen (secondary N) is 1. The Balaban J connectivity index is 1.63. The Morgan fingerprint density at radius 2 is 1.96 bits per heavy atom. The summed E-state index contributed by atoms with van der Waals surface area (Å²) in [4.78, 5) is 43.5. The van der Waals surface area contributed by atoms with Gasteiger partial charge < -0.3 is 15.1 Å². The van der Waals surface area contributed by atoms with Gasteiger partial charge in [0.05, 0.1) is 5.92 Å². The van der Waals surface area contributed by atoms with E-state index in [4.69, 9.17) is 0 Å². The lowest BCUT2D eigenvalue weighted by atomic mass is 9.74. The van der Waals surface area contributed by atoms with Gasteiger partial charge in [0.15, 0.2) is 0 Å². The van der Waals surface area contributed by atoms with Gasteiger partial charge in [-0.1, -0.05) is 0 Å². The van der Waals surface area contributed by atoms with Crippen LogP contribution in [0.15, 0.2) is 0 Å². The molecular formula is C20H34N4O3. The molecule has 3 fully saturated rings. The number of hydrogen-bond acceptors (Lipinski definition) is 5. The molecule has 0 aromatic rings. The maximum Gasteiger partial charge on any atom is 0.324 e. The number of Topliss-reactive ketones (excluding diaryl/α,β-unsaturated/α-hetero) is 1. The fourth-order valence-corrected chi connectivity index (χ4v) is 4.53. The summed E-state index contributed by atoms with van der Waals surface area (Å²) in [5, 5.41) is 2.90. The third-order valence-electron chi connectivity index (χ3n) is 6.25. The Hall–Kier alpha value is -1.47. The van der Waals surface area contributed by atoms with E-state index in [0.717, 1.165) is 32.2 Å². The lowest BCUT2D eigenvalue weighted by Gasteiger charge is -2.45. The molecule has 1 N–H and O–H groups in total. The lowest BCUT2D eigenvalue weighted by Crippen LogP contribution is -2.55. The number of carbonyl (C=O) groups is 3. The van der Waals surface area contributed by atoms with Crippen LogP contribution in [0.2, 0.25) is 0 Å². The summed E-state index contributed by atoms with van der Waals surface area (Å²) < 4.78 is 0. The molecule has 1 aliphatic heterocycles. The van der Waals surface area contributed by atoms with Gasteiger partial charge in [0.2, 0.25) is 5.91 Å². The predicted molar refractivity (Wildman–Crippen MR) is 103 cm³/mol. The summed E-state index contributed by atoms with van der Waals surface area (Å²) in [6.45, 7) is 2.49. The van der Waals surface area contributed by atoms with E-state index in [1.807, 2.05) is 19.0 Å². The normalized spacial score (nSPS) is 28.7. The van der Waals surface area contributed by atoms with E-state index in [1.54, 1.807) is 0 Å². The van der Waals surface area contributed by atoms with Gasteiger partial charge in [0, 0.05) is 45.1 Å². The molecule has 2 saturated carbocycles. The highest BCUT2D eigenvalue weighted by Crippen LogP contribution is 2.37. The number of imide groups is 1. The molecule has 152 valence electrons. The molecular weight excluding hydrogens is 344 g/mol. The zero-order valence-corrected chi connectivity index (χ0v) is 16.9. The molecule has 3 atom stereocenters. The number of fused-ring (bicyclic) bond motifs is 1. The van der Waals surface area contributed by atoms with Gasteiger partial charge in [-0.3, -0.25) is 14.5 Å². The van der Waals surface area contributed by atoms with E-state index in [1.165, 1.54) is 4.90 Å². The van der Waals surface area contributed by atoms with E-state index in [9.17, 15) is 14.4 Å². The quantitative estimate of drug-likeness (QED) is 0.752. The highest BCUT2D eigenvalue weighted by molar-refractivity contribution is 5.96. The molecule has 0 aromatic heterocycles. The van der Waals surface area contributed by atoms with Crippen molar-refractivity contribution in [1.29, 1.82) is 0 Å². The summed E-state index contributed by atoms with van der Waals surface area (Å²) in [5.74, 6) is 0.763. The number of ketones is 1. The highest BCUT2D eigenvalue weighted by atomic mass is 16.2. The largest absolute Gasteiger partial charge is 0.336 e. The van der Waals surface area contributed by atoms with Crippen LogP contribution in [-0.2, 0) is 9.59 Å². The third-order valence-corrected chi connectivity index (χ3v) is 6.25. The summed E-state index contributed by atoms with van der Waals surface area (Å²) in [5.41, 5.74) is 0. The van der Waals surface area contributed by atoms with E-state index in [-0.39, 0.29) is 23.8 Å². The van der Waals surface area contributed by atoms with Crippen LogP contribution in [0.5, 0.6) is 0 Å². The van der Waals surface area contributed by atoms with Crippen molar-refractivity contribution in [3.05, 3.63) is 0 Å².